The molecule has 1 aromatic heterocycles. The largest absolute Gasteiger partial charge is 0.350 e. The lowest BCUT2D eigenvalue weighted by Gasteiger charge is -2.18. The summed E-state index contributed by atoms with van der Waals surface area (Å²) >= 11 is 2.17. The molecule has 2 rings (SSSR count). The van der Waals surface area contributed by atoms with Gasteiger partial charge in [-0.1, -0.05) is 13.8 Å². The van der Waals surface area contributed by atoms with Gasteiger partial charge in [-0.05, 0) is 60.8 Å². The summed E-state index contributed by atoms with van der Waals surface area (Å²) in [6.07, 6.45) is 0. The molecule has 132 valence electrons. The summed E-state index contributed by atoms with van der Waals surface area (Å²) in [5.74, 6) is -0.229. The molecule has 0 bridgehead atoms. The van der Waals surface area contributed by atoms with Crippen LogP contribution in [0.4, 0.5) is 0 Å². The Morgan fingerprint density at radius 3 is 2.58 bits per heavy atom. The Labute approximate surface area is 161 Å². The second kappa shape index (κ2) is 9.39. The van der Waals surface area contributed by atoms with E-state index in [2.05, 4.69) is 51.6 Å². The number of fused-ring (bicyclic) bond motifs is 1. The Morgan fingerprint density at radius 1 is 1.29 bits per heavy atom. The van der Waals surface area contributed by atoms with E-state index in [1.54, 1.807) is 6.92 Å². The van der Waals surface area contributed by atoms with Crippen molar-refractivity contribution in [3.05, 3.63) is 43.2 Å². The van der Waals surface area contributed by atoms with Gasteiger partial charge in [0.1, 0.15) is 5.69 Å². The highest BCUT2D eigenvalue weighted by Gasteiger charge is 2.15. The van der Waals surface area contributed by atoms with E-state index in [0.29, 0.717) is 28.7 Å². The molecular weight excluding hydrogens is 441 g/mol. The normalized spacial score (nSPS) is 10.7. The number of hydrogen-bond acceptors (Lipinski definition) is 3. The van der Waals surface area contributed by atoms with Gasteiger partial charge < -0.3 is 15.2 Å². The Bertz CT molecular complexity index is 772. The topological polar surface area (TPSA) is 65.2 Å². The minimum atomic E-state index is -0.229. The maximum Gasteiger partial charge on any atom is 0.268 e. The van der Waals surface area contributed by atoms with Crippen LogP contribution in [-0.4, -0.2) is 42.0 Å². The lowest BCUT2D eigenvalue weighted by atomic mass is 10.1. The molecule has 1 aromatic carbocycles. The highest BCUT2D eigenvalue weighted by atomic mass is 127. The lowest BCUT2D eigenvalue weighted by Crippen LogP contribution is -2.36. The highest BCUT2D eigenvalue weighted by molar-refractivity contribution is 14.1. The van der Waals surface area contributed by atoms with Gasteiger partial charge in [-0.15, -0.1) is 12.4 Å². The molecular formula is C17H23ClIN3O2. The molecule has 0 saturated heterocycles. The molecule has 0 radical (unpaired) electrons. The van der Waals surface area contributed by atoms with Gasteiger partial charge in [0.05, 0.1) is 0 Å². The number of aromatic amines is 1. The van der Waals surface area contributed by atoms with E-state index in [9.17, 15) is 9.59 Å². The molecule has 24 heavy (non-hydrogen) atoms. The molecule has 0 spiro atoms. The van der Waals surface area contributed by atoms with Crippen LogP contribution < -0.4 is 10.7 Å². The number of carbonyl (C=O) groups excluding carboxylic acids is 1. The van der Waals surface area contributed by atoms with Crippen molar-refractivity contribution in [1.29, 1.82) is 0 Å². The number of rotatable bonds is 6. The van der Waals surface area contributed by atoms with Gasteiger partial charge >= 0.3 is 0 Å². The maximum atomic E-state index is 12.5. The summed E-state index contributed by atoms with van der Waals surface area (Å²) in [5, 5.41) is 3.51. The molecule has 0 saturated carbocycles. The zero-order chi connectivity index (χ0) is 17.0. The van der Waals surface area contributed by atoms with E-state index >= 15 is 0 Å². The molecule has 2 N–H and O–H groups in total. The van der Waals surface area contributed by atoms with E-state index < -0.39 is 0 Å². The number of pyridine rings is 1. The third-order valence-corrected chi connectivity index (χ3v) is 4.71. The van der Waals surface area contributed by atoms with Crippen LogP contribution in [0.3, 0.4) is 0 Å². The average Bonchev–Trinajstić information content (AvgIpc) is 2.55. The van der Waals surface area contributed by atoms with Crippen molar-refractivity contribution in [3.63, 3.8) is 0 Å². The van der Waals surface area contributed by atoms with Gasteiger partial charge in [0, 0.05) is 33.1 Å². The van der Waals surface area contributed by atoms with Crippen molar-refractivity contribution in [2.45, 2.75) is 20.8 Å². The van der Waals surface area contributed by atoms with E-state index in [1.165, 1.54) is 0 Å². The van der Waals surface area contributed by atoms with Crippen molar-refractivity contribution in [2.24, 2.45) is 0 Å². The molecule has 1 amide bonds. The molecule has 0 unspecified atom stereocenters. The first-order chi connectivity index (χ1) is 11.0. The van der Waals surface area contributed by atoms with Gasteiger partial charge in [-0.2, -0.15) is 0 Å². The molecule has 0 aliphatic carbocycles. The molecule has 0 atom stereocenters. The number of halogens is 2. The number of nitrogens with one attached hydrogen (secondary N) is 2. The van der Waals surface area contributed by atoms with Gasteiger partial charge in [0.25, 0.3) is 5.91 Å². The van der Waals surface area contributed by atoms with Crippen molar-refractivity contribution >= 4 is 51.8 Å². The average molecular weight is 464 g/mol. The summed E-state index contributed by atoms with van der Waals surface area (Å²) < 4.78 is 0.997. The van der Waals surface area contributed by atoms with Crippen LogP contribution in [0, 0.1) is 10.5 Å². The highest BCUT2D eigenvalue weighted by Crippen LogP contribution is 2.15. The predicted molar refractivity (Wildman–Crippen MR) is 109 cm³/mol. The van der Waals surface area contributed by atoms with Gasteiger partial charge in [-0.3, -0.25) is 9.59 Å². The zero-order valence-corrected chi connectivity index (χ0v) is 17.1. The van der Waals surface area contributed by atoms with Crippen LogP contribution in [0.5, 0.6) is 0 Å². The first-order valence-corrected chi connectivity index (χ1v) is 8.88. The lowest BCUT2D eigenvalue weighted by molar-refractivity contribution is 0.0943. The summed E-state index contributed by atoms with van der Waals surface area (Å²) in [4.78, 5) is 30.2. The van der Waals surface area contributed by atoms with Crippen molar-refractivity contribution in [3.8, 4) is 0 Å². The quantitative estimate of drug-likeness (QED) is 0.648. The van der Waals surface area contributed by atoms with Crippen LogP contribution in [0.2, 0.25) is 0 Å². The van der Waals surface area contributed by atoms with Gasteiger partial charge in [-0.25, -0.2) is 0 Å². The third-order valence-electron chi connectivity index (χ3n) is 4.04. The van der Waals surface area contributed by atoms with Gasteiger partial charge in [0.15, 0.2) is 5.43 Å². The molecule has 5 nitrogen and oxygen atoms in total. The number of H-pyrrole nitrogens is 1. The number of likely N-dealkylation sites (N-methyl/N-ethyl adjacent to an activating group) is 1. The fraction of sp³-hybridized carbons (Fsp3) is 0.412. The van der Waals surface area contributed by atoms with Crippen molar-refractivity contribution in [2.75, 3.05) is 26.2 Å². The smallest absolute Gasteiger partial charge is 0.268 e. The monoisotopic (exact) mass is 463 g/mol. The SMILES string of the molecule is CCN(CC)CCNC(=O)c1[nH]c2ccc(I)cc2c(=O)c1C.Cl. The van der Waals surface area contributed by atoms with Gasteiger partial charge in [0.2, 0.25) is 0 Å². The van der Waals surface area contributed by atoms with Crippen LogP contribution in [0.25, 0.3) is 10.9 Å². The summed E-state index contributed by atoms with van der Waals surface area (Å²) in [6, 6.07) is 5.59. The fourth-order valence-corrected chi connectivity index (χ4v) is 3.03. The summed E-state index contributed by atoms with van der Waals surface area (Å²) in [5.41, 5.74) is 1.41. The Balaban J connectivity index is 0.00000288. The number of amides is 1. The summed E-state index contributed by atoms with van der Waals surface area (Å²) in [6.45, 7) is 9.15. The van der Waals surface area contributed by atoms with Crippen LogP contribution in [0.15, 0.2) is 23.0 Å². The first-order valence-electron chi connectivity index (χ1n) is 7.80. The minimum Gasteiger partial charge on any atom is -0.350 e. The van der Waals surface area contributed by atoms with E-state index in [1.807, 2.05) is 18.2 Å². The number of hydrogen-bond donors (Lipinski definition) is 2. The van der Waals surface area contributed by atoms with Crippen molar-refractivity contribution in [1.82, 2.24) is 15.2 Å². The molecule has 2 aromatic rings. The molecule has 1 heterocycles. The molecule has 0 aliphatic heterocycles. The van der Waals surface area contributed by atoms with Crippen LogP contribution in [-0.2, 0) is 0 Å². The van der Waals surface area contributed by atoms with Crippen LogP contribution >= 0.6 is 35.0 Å². The van der Waals surface area contributed by atoms with Crippen molar-refractivity contribution < 1.29 is 4.79 Å². The number of nitrogens with zero attached hydrogens (tertiary/aromatic N) is 1. The van der Waals surface area contributed by atoms with Crippen LogP contribution in [0.1, 0.15) is 29.9 Å². The predicted octanol–water partition coefficient (Wildman–Crippen LogP) is 2.93. The Hall–Kier alpha value is -1.12. The standard InChI is InChI=1S/C17H22IN3O2.ClH/c1-4-21(5-2)9-8-19-17(23)15-11(3)16(22)13-10-12(18)6-7-14(13)20-15;/h6-7,10H,4-5,8-9H2,1-3H3,(H,19,23)(H,20,22);1H. The number of carbonyl (C=O) groups is 1. The first kappa shape index (κ1) is 20.9. The maximum absolute atomic E-state index is 12.5. The zero-order valence-electron chi connectivity index (χ0n) is 14.1. The Kier molecular flexibility index (Phi) is 8.18. The second-order valence-electron chi connectivity index (χ2n) is 5.43. The minimum absolute atomic E-state index is 0. The second-order valence-corrected chi connectivity index (χ2v) is 6.67. The number of aromatic nitrogens is 1. The molecule has 0 fully saturated rings. The van der Waals surface area contributed by atoms with E-state index in [4.69, 9.17) is 0 Å². The third kappa shape index (κ3) is 4.70. The summed E-state index contributed by atoms with van der Waals surface area (Å²) in [7, 11) is 0. The number of benzene rings is 1. The molecule has 0 aliphatic rings. The fourth-order valence-electron chi connectivity index (χ4n) is 2.54. The van der Waals surface area contributed by atoms with E-state index in [-0.39, 0.29) is 23.7 Å². The Morgan fingerprint density at radius 2 is 1.96 bits per heavy atom. The van der Waals surface area contributed by atoms with E-state index in [0.717, 1.165) is 23.2 Å². The molecule has 7 heteroatoms.